The first kappa shape index (κ1) is 19.9. The SMILES string of the molecule is COc1ccsc1CNCCC1(c2ccccn2)CCOC2(CCCC2)CC1. The second kappa shape index (κ2) is 8.93. The number of hydrogen-bond acceptors (Lipinski definition) is 5. The van der Waals surface area contributed by atoms with Crippen LogP contribution in [0, 0.1) is 0 Å². The predicted molar refractivity (Wildman–Crippen MR) is 114 cm³/mol. The van der Waals surface area contributed by atoms with E-state index >= 15 is 0 Å². The largest absolute Gasteiger partial charge is 0.496 e. The van der Waals surface area contributed by atoms with E-state index in [4.69, 9.17) is 14.5 Å². The van der Waals surface area contributed by atoms with Crippen molar-refractivity contribution in [2.75, 3.05) is 20.3 Å². The fraction of sp³-hybridized carbons (Fsp3) is 0.609. The first-order valence-electron chi connectivity index (χ1n) is 10.6. The van der Waals surface area contributed by atoms with Crippen molar-refractivity contribution in [1.82, 2.24) is 10.3 Å². The Morgan fingerprint density at radius 1 is 1.14 bits per heavy atom. The van der Waals surface area contributed by atoms with E-state index in [1.165, 1.54) is 49.1 Å². The van der Waals surface area contributed by atoms with E-state index in [1.807, 2.05) is 18.3 Å². The van der Waals surface area contributed by atoms with Gasteiger partial charge in [-0.15, -0.1) is 11.3 Å². The van der Waals surface area contributed by atoms with E-state index in [2.05, 4.69) is 22.8 Å². The lowest BCUT2D eigenvalue weighted by Gasteiger charge is -2.33. The number of hydrogen-bond donors (Lipinski definition) is 1. The Labute approximate surface area is 172 Å². The van der Waals surface area contributed by atoms with Gasteiger partial charge in [-0.05, 0) is 68.6 Å². The summed E-state index contributed by atoms with van der Waals surface area (Å²) in [5.41, 5.74) is 1.50. The molecule has 28 heavy (non-hydrogen) atoms. The Bertz CT molecular complexity index is 742. The maximum absolute atomic E-state index is 6.46. The number of rotatable bonds is 7. The lowest BCUT2D eigenvalue weighted by molar-refractivity contribution is -0.0373. The van der Waals surface area contributed by atoms with Gasteiger partial charge in [0.25, 0.3) is 0 Å². The number of nitrogens with zero attached hydrogens (tertiary/aromatic N) is 1. The van der Waals surface area contributed by atoms with Crippen LogP contribution in [0.3, 0.4) is 0 Å². The van der Waals surface area contributed by atoms with Crippen LogP contribution in [0.5, 0.6) is 5.75 Å². The van der Waals surface area contributed by atoms with Crippen molar-refractivity contribution in [2.45, 2.75) is 68.9 Å². The number of nitrogens with one attached hydrogen (secondary N) is 1. The highest BCUT2D eigenvalue weighted by molar-refractivity contribution is 7.10. The van der Waals surface area contributed by atoms with Crippen LogP contribution in [0.4, 0.5) is 0 Å². The van der Waals surface area contributed by atoms with Crippen molar-refractivity contribution in [3.05, 3.63) is 46.4 Å². The van der Waals surface area contributed by atoms with Gasteiger partial charge >= 0.3 is 0 Å². The standard InChI is InChI=1S/C23H32N2O2S/c1-26-19-7-17-28-20(19)18-24-15-12-22(21-6-2-5-14-25-21)10-11-23(27-16-13-22)8-3-4-9-23/h2,5-7,14,17,24H,3-4,8-13,15-16,18H2,1H3. The zero-order chi connectivity index (χ0) is 19.3. The molecule has 4 nitrogen and oxygen atoms in total. The molecule has 1 atom stereocenters. The van der Waals surface area contributed by atoms with Crippen LogP contribution in [0.25, 0.3) is 0 Å². The minimum atomic E-state index is 0.111. The fourth-order valence-corrected chi connectivity index (χ4v) is 5.83. The fourth-order valence-electron chi connectivity index (χ4n) is 5.02. The van der Waals surface area contributed by atoms with E-state index in [1.54, 1.807) is 18.4 Å². The average Bonchev–Trinajstić information content (AvgIpc) is 3.34. The van der Waals surface area contributed by atoms with Gasteiger partial charge in [0.15, 0.2) is 0 Å². The van der Waals surface area contributed by atoms with Crippen LogP contribution in [-0.4, -0.2) is 30.8 Å². The summed E-state index contributed by atoms with van der Waals surface area (Å²) in [5.74, 6) is 0.989. The topological polar surface area (TPSA) is 43.4 Å². The zero-order valence-electron chi connectivity index (χ0n) is 16.9. The summed E-state index contributed by atoms with van der Waals surface area (Å²) in [6.45, 7) is 2.69. The summed E-state index contributed by atoms with van der Waals surface area (Å²) >= 11 is 1.75. The monoisotopic (exact) mass is 400 g/mol. The molecule has 0 amide bonds. The molecule has 2 aromatic heterocycles. The van der Waals surface area contributed by atoms with Crippen molar-refractivity contribution in [1.29, 1.82) is 0 Å². The summed E-state index contributed by atoms with van der Waals surface area (Å²) in [6, 6.07) is 8.41. The molecule has 4 rings (SSSR count). The van der Waals surface area contributed by atoms with E-state index in [0.717, 1.165) is 38.3 Å². The number of pyridine rings is 1. The Balaban J connectivity index is 1.43. The van der Waals surface area contributed by atoms with Gasteiger partial charge in [0.2, 0.25) is 0 Å². The molecular formula is C23H32N2O2S. The normalized spacial score (nSPS) is 24.3. The second-order valence-electron chi connectivity index (χ2n) is 8.32. The number of thiophene rings is 1. The first-order valence-corrected chi connectivity index (χ1v) is 11.5. The molecular weight excluding hydrogens is 368 g/mol. The van der Waals surface area contributed by atoms with Gasteiger partial charge in [-0.25, -0.2) is 0 Å². The summed E-state index contributed by atoms with van der Waals surface area (Å²) in [7, 11) is 1.74. The molecule has 0 radical (unpaired) electrons. The quantitative estimate of drug-likeness (QED) is 0.658. The molecule has 152 valence electrons. The van der Waals surface area contributed by atoms with Gasteiger partial charge < -0.3 is 14.8 Å². The van der Waals surface area contributed by atoms with Crippen LogP contribution in [-0.2, 0) is 16.7 Å². The van der Waals surface area contributed by atoms with E-state index in [0.29, 0.717) is 0 Å². The summed E-state index contributed by atoms with van der Waals surface area (Å²) in [5, 5.41) is 5.74. The van der Waals surface area contributed by atoms with Crippen LogP contribution in [0.15, 0.2) is 35.8 Å². The Kier molecular flexibility index (Phi) is 6.34. The molecule has 1 aliphatic heterocycles. The number of aromatic nitrogens is 1. The summed E-state index contributed by atoms with van der Waals surface area (Å²) < 4.78 is 11.9. The van der Waals surface area contributed by atoms with Gasteiger partial charge in [-0.3, -0.25) is 4.98 Å². The van der Waals surface area contributed by atoms with Crippen molar-refractivity contribution in [3.8, 4) is 5.75 Å². The average molecular weight is 401 g/mol. The molecule has 2 fully saturated rings. The van der Waals surface area contributed by atoms with Crippen molar-refractivity contribution in [3.63, 3.8) is 0 Å². The van der Waals surface area contributed by atoms with Crippen molar-refractivity contribution in [2.24, 2.45) is 0 Å². The maximum atomic E-state index is 6.46. The molecule has 1 aliphatic carbocycles. The van der Waals surface area contributed by atoms with Crippen molar-refractivity contribution < 1.29 is 9.47 Å². The van der Waals surface area contributed by atoms with Crippen LogP contribution < -0.4 is 10.1 Å². The lowest BCUT2D eigenvalue weighted by atomic mass is 9.73. The smallest absolute Gasteiger partial charge is 0.134 e. The predicted octanol–water partition coefficient (Wildman–Crippen LogP) is 5.08. The molecule has 1 unspecified atom stereocenters. The lowest BCUT2D eigenvalue weighted by Crippen LogP contribution is -2.33. The molecule has 0 aromatic carbocycles. The Hall–Kier alpha value is -1.43. The van der Waals surface area contributed by atoms with Gasteiger partial charge in [0.05, 0.1) is 17.6 Å². The third-order valence-corrected chi connectivity index (χ3v) is 7.66. The van der Waals surface area contributed by atoms with Gasteiger partial charge in [-0.1, -0.05) is 18.9 Å². The highest BCUT2D eigenvalue weighted by Gasteiger charge is 2.43. The van der Waals surface area contributed by atoms with Crippen LogP contribution in [0.1, 0.15) is 61.9 Å². The molecule has 1 saturated carbocycles. The molecule has 3 heterocycles. The summed E-state index contributed by atoms with van der Waals surface area (Å²) in [6.07, 6.45) is 11.6. The van der Waals surface area contributed by atoms with E-state index in [-0.39, 0.29) is 11.0 Å². The van der Waals surface area contributed by atoms with Gasteiger partial charge in [-0.2, -0.15) is 0 Å². The van der Waals surface area contributed by atoms with Crippen LogP contribution in [0.2, 0.25) is 0 Å². The highest BCUT2D eigenvalue weighted by Crippen LogP contribution is 2.46. The molecule has 1 spiro atoms. The minimum Gasteiger partial charge on any atom is -0.496 e. The third kappa shape index (κ3) is 4.27. The summed E-state index contributed by atoms with van der Waals surface area (Å²) in [4.78, 5) is 6.05. The highest BCUT2D eigenvalue weighted by atomic mass is 32.1. The Morgan fingerprint density at radius 2 is 2.04 bits per heavy atom. The zero-order valence-corrected chi connectivity index (χ0v) is 17.7. The molecule has 2 aliphatic rings. The van der Waals surface area contributed by atoms with E-state index in [9.17, 15) is 0 Å². The van der Waals surface area contributed by atoms with E-state index < -0.39 is 0 Å². The van der Waals surface area contributed by atoms with Gasteiger partial charge in [0.1, 0.15) is 5.75 Å². The molecule has 2 aromatic rings. The number of methoxy groups -OCH3 is 1. The molecule has 0 bridgehead atoms. The molecule has 1 saturated heterocycles. The van der Waals surface area contributed by atoms with Crippen LogP contribution >= 0.6 is 11.3 Å². The second-order valence-corrected chi connectivity index (χ2v) is 9.32. The van der Waals surface area contributed by atoms with Gasteiger partial charge in [0, 0.05) is 30.5 Å². The molecule has 1 N–H and O–H groups in total. The maximum Gasteiger partial charge on any atom is 0.134 e. The third-order valence-electron chi connectivity index (χ3n) is 6.76. The molecule has 5 heteroatoms. The van der Waals surface area contributed by atoms with Crippen molar-refractivity contribution >= 4 is 11.3 Å². The minimum absolute atomic E-state index is 0.111. The number of ether oxygens (including phenoxy) is 2. The first-order chi connectivity index (χ1) is 13.8. The Morgan fingerprint density at radius 3 is 2.82 bits per heavy atom.